The number of benzene rings is 1. The summed E-state index contributed by atoms with van der Waals surface area (Å²) in [6, 6.07) is 3.46. The summed E-state index contributed by atoms with van der Waals surface area (Å²) < 4.78 is 5.76. The highest BCUT2D eigenvalue weighted by atomic mass is 16.5. The van der Waals surface area contributed by atoms with Gasteiger partial charge in [0.05, 0.1) is 0 Å². The molecule has 6 nitrogen and oxygen atoms in total. The Balaban J connectivity index is 1.53. The summed E-state index contributed by atoms with van der Waals surface area (Å²) in [4.78, 5) is 16.6. The molecule has 1 aromatic rings. The highest BCUT2D eigenvalue weighted by molar-refractivity contribution is 5.78. The van der Waals surface area contributed by atoms with Gasteiger partial charge in [0.2, 0.25) is 0 Å². The van der Waals surface area contributed by atoms with Gasteiger partial charge < -0.3 is 21.9 Å². The van der Waals surface area contributed by atoms with E-state index in [2.05, 4.69) is 45.7 Å². The molecule has 6 heteroatoms. The topological polar surface area (TPSA) is 117 Å². The average Bonchev–Trinajstić information content (AvgIpc) is 3.04. The smallest absolute Gasteiger partial charge is 0.328 e. The van der Waals surface area contributed by atoms with Crippen molar-refractivity contribution in [2.24, 2.45) is 44.9 Å². The van der Waals surface area contributed by atoms with E-state index in [0.29, 0.717) is 41.9 Å². The highest BCUT2D eigenvalue weighted by Crippen LogP contribution is 2.67. The monoisotopic (exact) mass is 468 g/mol. The largest absolute Gasteiger partial charge is 0.425 e. The first-order valence-electron chi connectivity index (χ1n) is 13.0. The summed E-state index contributed by atoms with van der Waals surface area (Å²) in [6.45, 7) is 12.7. The quantitative estimate of drug-likeness (QED) is 0.189. The molecule has 0 radical (unpaired) electrons. The van der Waals surface area contributed by atoms with E-state index < -0.39 is 12.0 Å². The van der Waals surface area contributed by atoms with E-state index in [1.807, 2.05) is 6.07 Å². The summed E-state index contributed by atoms with van der Waals surface area (Å²) in [6.07, 6.45) is 8.73. The summed E-state index contributed by atoms with van der Waals surface area (Å²) in [5.74, 6) is 1.68. The number of hydrogen-bond donors (Lipinski definition) is 3. The van der Waals surface area contributed by atoms with Gasteiger partial charge in [-0.25, -0.2) is 4.79 Å². The lowest BCUT2D eigenvalue weighted by Gasteiger charge is -2.61. The van der Waals surface area contributed by atoms with Crippen LogP contribution >= 0.6 is 0 Å². The molecule has 0 aliphatic heterocycles. The number of fused-ring (bicyclic) bond motifs is 5. The van der Waals surface area contributed by atoms with Crippen molar-refractivity contribution in [1.29, 1.82) is 0 Å². The summed E-state index contributed by atoms with van der Waals surface area (Å²) in [7, 11) is 0. The minimum absolute atomic E-state index is 0.0518. The molecule has 0 amide bonds. The van der Waals surface area contributed by atoms with Gasteiger partial charge >= 0.3 is 5.97 Å². The van der Waals surface area contributed by atoms with Crippen molar-refractivity contribution in [3.05, 3.63) is 28.8 Å². The van der Waals surface area contributed by atoms with Gasteiger partial charge in [0, 0.05) is 6.54 Å². The van der Waals surface area contributed by atoms with Crippen LogP contribution in [0.4, 0.5) is 0 Å². The van der Waals surface area contributed by atoms with Crippen molar-refractivity contribution in [3.8, 4) is 5.75 Å². The first kappa shape index (κ1) is 25.0. The molecular weight excluding hydrogens is 424 g/mol. The van der Waals surface area contributed by atoms with Gasteiger partial charge in [0.15, 0.2) is 5.96 Å². The standard InChI is InChI=1S/C28H44N4O2/c1-17-14-19(34-24(33)20(29)8-6-13-32-25(30)31)15-18-16-22-27(4)11-7-10-26(2,3)21(27)9-12-28(22,5)23(17)18/h14-15,20-22H,6-13,16,29H2,1-5H3,(H4,30,31,32)/t20?,21-,22+,27-,28-/m0/s1. The Kier molecular flexibility index (Phi) is 6.52. The molecule has 2 saturated carbocycles. The van der Waals surface area contributed by atoms with E-state index in [-0.39, 0.29) is 11.4 Å². The molecule has 188 valence electrons. The fourth-order valence-corrected chi connectivity index (χ4v) is 8.32. The number of nitrogens with zero attached hydrogens (tertiary/aromatic N) is 1. The van der Waals surface area contributed by atoms with E-state index in [1.54, 1.807) is 0 Å². The molecule has 3 aliphatic carbocycles. The van der Waals surface area contributed by atoms with Crippen molar-refractivity contribution in [1.82, 2.24) is 0 Å². The normalized spacial score (nSPS) is 32.2. The number of guanidine groups is 1. The molecule has 0 saturated heterocycles. The number of esters is 1. The van der Waals surface area contributed by atoms with Crippen LogP contribution in [-0.2, 0) is 16.6 Å². The number of ether oxygens (including phenoxy) is 1. The van der Waals surface area contributed by atoms with E-state index >= 15 is 0 Å². The first-order chi connectivity index (χ1) is 15.9. The second-order valence-corrected chi connectivity index (χ2v) is 12.4. The van der Waals surface area contributed by atoms with Crippen molar-refractivity contribution in [3.63, 3.8) is 0 Å². The number of rotatable bonds is 6. The van der Waals surface area contributed by atoms with Gasteiger partial charge in [-0.1, -0.05) is 34.1 Å². The maximum Gasteiger partial charge on any atom is 0.328 e. The van der Waals surface area contributed by atoms with Gasteiger partial charge in [-0.3, -0.25) is 4.99 Å². The Labute approximate surface area is 205 Å². The minimum atomic E-state index is -0.688. The number of aryl methyl sites for hydroxylation is 1. The van der Waals surface area contributed by atoms with E-state index in [0.717, 1.165) is 12.3 Å². The number of hydrogen-bond acceptors (Lipinski definition) is 4. The Bertz CT molecular complexity index is 983. The molecule has 0 heterocycles. The lowest BCUT2D eigenvalue weighted by Crippen LogP contribution is -2.55. The van der Waals surface area contributed by atoms with Crippen LogP contribution in [0.2, 0.25) is 0 Å². The molecule has 0 spiro atoms. The molecule has 0 bridgehead atoms. The van der Waals surface area contributed by atoms with Gasteiger partial charge in [-0.15, -0.1) is 0 Å². The molecule has 4 rings (SSSR count). The van der Waals surface area contributed by atoms with Crippen molar-refractivity contribution < 1.29 is 9.53 Å². The van der Waals surface area contributed by atoms with Crippen LogP contribution in [0.1, 0.15) is 89.3 Å². The third kappa shape index (κ3) is 4.23. The van der Waals surface area contributed by atoms with Crippen LogP contribution < -0.4 is 21.9 Å². The molecule has 5 atom stereocenters. The van der Waals surface area contributed by atoms with Gasteiger partial charge in [0.25, 0.3) is 0 Å². The Morgan fingerprint density at radius 1 is 1.15 bits per heavy atom. The third-order valence-corrected chi connectivity index (χ3v) is 9.67. The zero-order valence-corrected chi connectivity index (χ0v) is 21.7. The van der Waals surface area contributed by atoms with Crippen LogP contribution in [0.15, 0.2) is 17.1 Å². The van der Waals surface area contributed by atoms with E-state index in [9.17, 15) is 4.79 Å². The second kappa shape index (κ2) is 8.85. The average molecular weight is 469 g/mol. The van der Waals surface area contributed by atoms with Crippen molar-refractivity contribution >= 4 is 11.9 Å². The van der Waals surface area contributed by atoms with Crippen LogP contribution in [0.3, 0.4) is 0 Å². The first-order valence-corrected chi connectivity index (χ1v) is 13.0. The van der Waals surface area contributed by atoms with Gasteiger partial charge in [-0.05, 0) is 109 Å². The minimum Gasteiger partial charge on any atom is -0.425 e. The number of nitrogens with two attached hydrogens (primary N) is 3. The van der Waals surface area contributed by atoms with Crippen molar-refractivity contribution in [2.75, 3.05) is 6.54 Å². The molecule has 6 N–H and O–H groups in total. The van der Waals surface area contributed by atoms with Gasteiger partial charge in [-0.2, -0.15) is 0 Å². The molecule has 2 fully saturated rings. The molecule has 1 aromatic carbocycles. The highest BCUT2D eigenvalue weighted by Gasteiger charge is 2.61. The lowest BCUT2D eigenvalue weighted by molar-refractivity contribution is -0.136. The maximum atomic E-state index is 12.6. The zero-order valence-electron chi connectivity index (χ0n) is 21.7. The summed E-state index contributed by atoms with van der Waals surface area (Å²) in [5, 5.41) is 0. The molecule has 34 heavy (non-hydrogen) atoms. The van der Waals surface area contributed by atoms with Crippen LogP contribution in [0, 0.1) is 29.6 Å². The Hall–Kier alpha value is -2.08. The third-order valence-electron chi connectivity index (χ3n) is 9.67. The summed E-state index contributed by atoms with van der Waals surface area (Å²) >= 11 is 0. The summed E-state index contributed by atoms with van der Waals surface area (Å²) in [5.41, 5.74) is 21.8. The zero-order chi connectivity index (χ0) is 24.9. The predicted octanol–water partition coefficient (Wildman–Crippen LogP) is 4.34. The van der Waals surface area contributed by atoms with Crippen LogP contribution in [0.5, 0.6) is 5.75 Å². The molecule has 3 aliphatic rings. The van der Waals surface area contributed by atoms with Crippen LogP contribution in [-0.4, -0.2) is 24.5 Å². The fourth-order valence-electron chi connectivity index (χ4n) is 8.32. The maximum absolute atomic E-state index is 12.6. The molecular formula is C28H44N4O2. The SMILES string of the molecule is Cc1cc(OC(=O)C(N)CCCN=C(N)N)cc2c1[C@@]1(C)CC[C@H]3C(C)(C)CCC[C@]3(C)[C@H]1C2. The predicted molar refractivity (Wildman–Crippen MR) is 138 cm³/mol. The molecule has 1 unspecified atom stereocenters. The Morgan fingerprint density at radius 3 is 2.59 bits per heavy atom. The second-order valence-electron chi connectivity index (χ2n) is 12.4. The number of aliphatic imine (C=N–C) groups is 1. The van der Waals surface area contributed by atoms with Gasteiger partial charge in [0.1, 0.15) is 11.8 Å². The number of carbonyl (C=O) groups is 1. The van der Waals surface area contributed by atoms with E-state index in [1.165, 1.54) is 48.8 Å². The van der Waals surface area contributed by atoms with E-state index in [4.69, 9.17) is 21.9 Å². The lowest BCUT2D eigenvalue weighted by atomic mass is 9.43. The van der Waals surface area contributed by atoms with Crippen molar-refractivity contribution in [2.45, 2.75) is 97.4 Å². The Morgan fingerprint density at radius 2 is 1.88 bits per heavy atom. The number of carbonyl (C=O) groups excluding carboxylic acids is 1. The fraction of sp³-hybridized carbons (Fsp3) is 0.714. The molecule has 0 aromatic heterocycles. The van der Waals surface area contributed by atoms with Crippen LogP contribution in [0.25, 0.3) is 0 Å².